The minimum absolute atomic E-state index is 0.148. The second-order valence-corrected chi connectivity index (χ2v) is 4.87. The lowest BCUT2D eigenvalue weighted by atomic mass is 10.1. The summed E-state index contributed by atoms with van der Waals surface area (Å²) in [5.74, 6) is -1.85. The van der Waals surface area contributed by atoms with Crippen molar-refractivity contribution < 1.29 is 19.8 Å². The molecule has 2 aromatic heterocycles. The SMILES string of the molecule is NC(Cn1cncn1)C(=O)O.O=C(O)C1Cc2[nH]cnc2CN1. The number of aliphatic carboxylic acids is 2. The number of rotatable bonds is 4. The van der Waals surface area contributed by atoms with Crippen LogP contribution in [0.3, 0.4) is 0 Å². The first kappa shape index (κ1) is 16.6. The fourth-order valence-electron chi connectivity index (χ4n) is 1.96. The molecule has 0 saturated carbocycles. The van der Waals surface area contributed by atoms with Crippen molar-refractivity contribution in [2.75, 3.05) is 0 Å². The molecule has 0 spiro atoms. The fourth-order valence-corrected chi connectivity index (χ4v) is 1.96. The minimum Gasteiger partial charge on any atom is -0.480 e. The van der Waals surface area contributed by atoms with Gasteiger partial charge in [-0.1, -0.05) is 0 Å². The summed E-state index contributed by atoms with van der Waals surface area (Å²) in [5.41, 5.74) is 7.07. The van der Waals surface area contributed by atoms with Gasteiger partial charge in [-0.3, -0.25) is 19.6 Å². The van der Waals surface area contributed by atoms with Gasteiger partial charge in [0, 0.05) is 18.7 Å². The van der Waals surface area contributed by atoms with Crippen molar-refractivity contribution in [3.05, 3.63) is 30.4 Å². The zero-order valence-corrected chi connectivity index (χ0v) is 12.1. The first-order chi connectivity index (χ1) is 11.0. The van der Waals surface area contributed by atoms with Gasteiger partial charge in [-0.2, -0.15) is 5.10 Å². The highest BCUT2D eigenvalue weighted by Gasteiger charge is 2.24. The number of nitrogens with one attached hydrogen (secondary N) is 2. The van der Waals surface area contributed by atoms with Crippen LogP contribution in [0.25, 0.3) is 0 Å². The van der Waals surface area contributed by atoms with Gasteiger partial charge in [0.25, 0.3) is 0 Å². The van der Waals surface area contributed by atoms with E-state index in [4.69, 9.17) is 15.9 Å². The Bertz CT molecular complexity index is 654. The molecule has 0 saturated heterocycles. The molecule has 1 aliphatic rings. The minimum atomic E-state index is -1.04. The standard InChI is InChI=1S/C7H9N3O2.C5H8N4O2/c11-7(12)5-1-4-6(2-8-5)10-3-9-4;6-4(5(10)11)1-9-3-7-2-8-9/h3,5,8H,1-2H2,(H,9,10)(H,11,12);2-4H,1,6H2,(H,10,11). The average Bonchev–Trinajstić information content (AvgIpc) is 3.17. The van der Waals surface area contributed by atoms with Crippen LogP contribution in [-0.4, -0.2) is 59.0 Å². The van der Waals surface area contributed by atoms with Gasteiger partial charge in [0.15, 0.2) is 0 Å². The van der Waals surface area contributed by atoms with Gasteiger partial charge in [0.05, 0.1) is 18.6 Å². The molecule has 2 aromatic rings. The van der Waals surface area contributed by atoms with Crippen LogP contribution in [0.5, 0.6) is 0 Å². The van der Waals surface area contributed by atoms with E-state index >= 15 is 0 Å². The van der Waals surface area contributed by atoms with Crippen molar-refractivity contribution in [1.82, 2.24) is 30.0 Å². The summed E-state index contributed by atoms with van der Waals surface area (Å²) in [6, 6.07) is -1.39. The molecule has 1 aliphatic heterocycles. The Morgan fingerprint density at radius 2 is 2.26 bits per heavy atom. The van der Waals surface area contributed by atoms with E-state index < -0.39 is 24.0 Å². The molecule has 6 N–H and O–H groups in total. The number of aromatic amines is 1. The molecule has 0 fully saturated rings. The number of H-pyrrole nitrogens is 1. The van der Waals surface area contributed by atoms with Crippen LogP contribution in [0.1, 0.15) is 11.4 Å². The number of carboxylic acid groups (broad SMARTS) is 2. The summed E-state index contributed by atoms with van der Waals surface area (Å²) in [6.07, 6.45) is 4.83. The molecule has 124 valence electrons. The van der Waals surface area contributed by atoms with Crippen LogP contribution >= 0.6 is 0 Å². The third-order valence-electron chi connectivity index (χ3n) is 3.20. The molecule has 0 bridgehead atoms. The van der Waals surface area contributed by atoms with E-state index in [1.54, 1.807) is 6.33 Å². The summed E-state index contributed by atoms with van der Waals surface area (Å²) < 4.78 is 1.37. The molecule has 2 unspecified atom stereocenters. The first-order valence-corrected chi connectivity index (χ1v) is 6.75. The predicted octanol–water partition coefficient (Wildman–Crippen LogP) is -1.80. The maximum atomic E-state index is 10.6. The van der Waals surface area contributed by atoms with Crippen LogP contribution in [-0.2, 0) is 29.1 Å². The maximum Gasteiger partial charge on any atom is 0.322 e. The average molecular weight is 323 g/mol. The monoisotopic (exact) mass is 323 g/mol. The highest BCUT2D eigenvalue weighted by atomic mass is 16.4. The summed E-state index contributed by atoms with van der Waals surface area (Å²) in [7, 11) is 0. The first-order valence-electron chi connectivity index (χ1n) is 6.75. The van der Waals surface area contributed by atoms with Gasteiger partial charge < -0.3 is 20.9 Å². The van der Waals surface area contributed by atoms with Crippen LogP contribution in [0.15, 0.2) is 19.0 Å². The molecule has 11 heteroatoms. The lowest BCUT2D eigenvalue weighted by Crippen LogP contribution is -2.41. The van der Waals surface area contributed by atoms with Crippen molar-refractivity contribution in [1.29, 1.82) is 0 Å². The van der Waals surface area contributed by atoms with Gasteiger partial charge in [-0.15, -0.1) is 0 Å². The van der Waals surface area contributed by atoms with Gasteiger partial charge in [-0.25, -0.2) is 9.97 Å². The Morgan fingerprint density at radius 3 is 2.87 bits per heavy atom. The number of hydrogen-bond donors (Lipinski definition) is 5. The number of nitrogens with two attached hydrogens (primary N) is 1. The lowest BCUT2D eigenvalue weighted by Gasteiger charge is -2.18. The highest BCUT2D eigenvalue weighted by molar-refractivity contribution is 5.74. The molecule has 0 aliphatic carbocycles. The largest absolute Gasteiger partial charge is 0.480 e. The Labute approximate surface area is 130 Å². The molecule has 23 heavy (non-hydrogen) atoms. The lowest BCUT2D eigenvalue weighted by molar-refractivity contribution is -0.140. The molecule has 0 amide bonds. The number of carbonyl (C=O) groups is 2. The fraction of sp³-hybridized carbons (Fsp3) is 0.417. The second kappa shape index (κ2) is 7.47. The topological polar surface area (TPSA) is 172 Å². The number of aromatic nitrogens is 5. The van der Waals surface area contributed by atoms with E-state index in [9.17, 15) is 9.59 Å². The molecule has 2 atom stereocenters. The smallest absolute Gasteiger partial charge is 0.322 e. The van der Waals surface area contributed by atoms with E-state index in [1.165, 1.54) is 17.3 Å². The van der Waals surface area contributed by atoms with E-state index in [2.05, 4.69) is 25.4 Å². The van der Waals surface area contributed by atoms with Crippen LogP contribution in [0.2, 0.25) is 0 Å². The maximum absolute atomic E-state index is 10.6. The number of hydrogen-bond acceptors (Lipinski definition) is 7. The Hall–Kier alpha value is -2.79. The van der Waals surface area contributed by atoms with Crippen molar-refractivity contribution in [3.8, 4) is 0 Å². The summed E-state index contributed by atoms with van der Waals surface area (Å²) >= 11 is 0. The van der Waals surface area contributed by atoms with Crippen molar-refractivity contribution in [3.63, 3.8) is 0 Å². The van der Waals surface area contributed by atoms with Crippen LogP contribution < -0.4 is 11.1 Å². The van der Waals surface area contributed by atoms with Gasteiger partial charge in [-0.05, 0) is 0 Å². The van der Waals surface area contributed by atoms with E-state index in [0.29, 0.717) is 13.0 Å². The summed E-state index contributed by atoms with van der Waals surface area (Å²) in [5, 5.41) is 23.7. The molecular formula is C12H17N7O4. The molecule has 11 nitrogen and oxygen atoms in total. The predicted molar refractivity (Wildman–Crippen MR) is 76.2 cm³/mol. The Balaban J connectivity index is 0.000000168. The summed E-state index contributed by atoms with van der Waals surface area (Å²) in [6.45, 7) is 0.686. The van der Waals surface area contributed by atoms with E-state index in [0.717, 1.165) is 11.4 Å². The number of imidazole rings is 1. The molecule has 0 radical (unpaired) electrons. The van der Waals surface area contributed by atoms with Gasteiger partial charge in [0.1, 0.15) is 24.7 Å². The Kier molecular flexibility index (Phi) is 5.38. The quantitative estimate of drug-likeness (QED) is 0.435. The summed E-state index contributed by atoms with van der Waals surface area (Å²) in [4.78, 5) is 31.4. The van der Waals surface area contributed by atoms with Crippen molar-refractivity contribution >= 4 is 11.9 Å². The zero-order chi connectivity index (χ0) is 16.8. The molecule has 3 heterocycles. The van der Waals surface area contributed by atoms with E-state index in [-0.39, 0.29) is 6.54 Å². The van der Waals surface area contributed by atoms with Crippen molar-refractivity contribution in [2.24, 2.45) is 5.73 Å². The van der Waals surface area contributed by atoms with Gasteiger partial charge >= 0.3 is 11.9 Å². The number of carboxylic acids is 2. The van der Waals surface area contributed by atoms with E-state index in [1.807, 2.05) is 0 Å². The zero-order valence-electron chi connectivity index (χ0n) is 12.1. The third-order valence-corrected chi connectivity index (χ3v) is 3.20. The molecule has 3 rings (SSSR count). The van der Waals surface area contributed by atoms with Crippen molar-refractivity contribution in [2.45, 2.75) is 31.6 Å². The number of nitrogens with zero attached hydrogens (tertiary/aromatic N) is 4. The Morgan fingerprint density at radius 1 is 1.48 bits per heavy atom. The molecular weight excluding hydrogens is 306 g/mol. The third kappa shape index (κ3) is 4.59. The van der Waals surface area contributed by atoms with Gasteiger partial charge in [0.2, 0.25) is 0 Å². The normalized spacial score (nSPS) is 17.5. The highest BCUT2D eigenvalue weighted by Crippen LogP contribution is 2.11. The number of fused-ring (bicyclic) bond motifs is 1. The molecule has 0 aromatic carbocycles. The van der Waals surface area contributed by atoms with Crippen LogP contribution in [0, 0.1) is 0 Å². The second-order valence-electron chi connectivity index (χ2n) is 4.87. The van der Waals surface area contributed by atoms with Crippen LogP contribution in [0.4, 0.5) is 0 Å².